The molecule has 1 amide bonds. The van der Waals surface area contributed by atoms with Crippen molar-refractivity contribution < 1.29 is 9.53 Å². The molecule has 34 heavy (non-hydrogen) atoms. The molecule has 0 aliphatic carbocycles. The van der Waals surface area contributed by atoms with Gasteiger partial charge in [0.25, 0.3) is 5.91 Å². The van der Waals surface area contributed by atoms with Gasteiger partial charge in [0.15, 0.2) is 5.13 Å². The minimum Gasteiger partial charge on any atom is -0.383 e. The number of aromatic nitrogens is 2. The molecule has 2 saturated heterocycles. The maximum Gasteiger partial charge on any atom is 0.266 e. The molecule has 0 unspecified atom stereocenters. The molecule has 3 aromatic rings. The molecule has 1 aromatic carbocycles. The average Bonchev–Trinajstić information content (AvgIpc) is 3.57. The Morgan fingerprint density at radius 3 is 2.68 bits per heavy atom. The van der Waals surface area contributed by atoms with Crippen molar-refractivity contribution in [2.45, 2.75) is 38.1 Å². The minimum absolute atomic E-state index is 0.0692. The first-order valence-corrected chi connectivity index (χ1v) is 13.3. The van der Waals surface area contributed by atoms with E-state index < -0.39 is 0 Å². The van der Waals surface area contributed by atoms with Crippen LogP contribution in [0.15, 0.2) is 54.9 Å². The molecule has 0 spiro atoms. The number of methoxy groups -OCH3 is 1. The van der Waals surface area contributed by atoms with Gasteiger partial charge in [0, 0.05) is 44.2 Å². The molecule has 4 heterocycles. The van der Waals surface area contributed by atoms with Crippen molar-refractivity contribution in [1.82, 2.24) is 19.4 Å². The third kappa shape index (κ3) is 4.97. The smallest absolute Gasteiger partial charge is 0.266 e. The van der Waals surface area contributed by atoms with Crippen LogP contribution in [0.2, 0.25) is 0 Å². The van der Waals surface area contributed by atoms with Gasteiger partial charge in [-0.3, -0.25) is 4.79 Å². The van der Waals surface area contributed by atoms with Crippen LogP contribution in [0.5, 0.6) is 0 Å². The van der Waals surface area contributed by atoms with Gasteiger partial charge < -0.3 is 19.1 Å². The normalized spacial score (nSPS) is 20.7. The number of amides is 1. The molecule has 2 fully saturated rings. The third-order valence-electron chi connectivity index (χ3n) is 7.22. The highest BCUT2D eigenvalue weighted by Crippen LogP contribution is 2.34. The van der Waals surface area contributed by atoms with Crippen molar-refractivity contribution in [2.24, 2.45) is 5.92 Å². The largest absolute Gasteiger partial charge is 0.383 e. The second kappa shape index (κ2) is 10.8. The second-order valence-corrected chi connectivity index (χ2v) is 10.4. The summed E-state index contributed by atoms with van der Waals surface area (Å²) in [4.78, 5) is 24.4. The number of fused-ring (bicyclic) bond motifs is 1. The fourth-order valence-corrected chi connectivity index (χ4v) is 6.54. The number of carbonyl (C=O) groups is 1. The van der Waals surface area contributed by atoms with Crippen LogP contribution in [0.3, 0.4) is 0 Å². The van der Waals surface area contributed by atoms with Gasteiger partial charge in [-0.25, -0.2) is 4.98 Å². The second-order valence-electron chi connectivity index (χ2n) is 9.38. The Hall–Kier alpha value is -2.48. The van der Waals surface area contributed by atoms with E-state index in [4.69, 9.17) is 9.72 Å². The number of piperidine rings is 2. The molecule has 5 rings (SSSR count). The van der Waals surface area contributed by atoms with Crippen LogP contribution in [0.4, 0.5) is 0 Å². The molecule has 180 valence electrons. The molecule has 2 aliphatic rings. The Kier molecular flexibility index (Phi) is 7.42. The lowest BCUT2D eigenvalue weighted by atomic mass is 9.83. The van der Waals surface area contributed by atoms with E-state index in [-0.39, 0.29) is 5.91 Å². The zero-order chi connectivity index (χ0) is 23.3. The van der Waals surface area contributed by atoms with Crippen molar-refractivity contribution in [3.8, 4) is 16.4 Å². The Bertz CT molecular complexity index is 1060. The zero-order valence-corrected chi connectivity index (χ0v) is 20.8. The van der Waals surface area contributed by atoms with E-state index in [0.717, 1.165) is 22.9 Å². The maximum atomic E-state index is 14.1. The number of nitrogens with zero attached hydrogens (tertiary/aromatic N) is 4. The van der Waals surface area contributed by atoms with Crippen LogP contribution >= 0.6 is 11.3 Å². The summed E-state index contributed by atoms with van der Waals surface area (Å²) in [6.45, 7) is 4.34. The molecule has 0 N–H and O–H groups in total. The van der Waals surface area contributed by atoms with Crippen molar-refractivity contribution >= 4 is 17.2 Å². The molecule has 6 nitrogen and oxygen atoms in total. The Morgan fingerprint density at radius 1 is 1.09 bits per heavy atom. The minimum atomic E-state index is 0.0692. The number of carbonyl (C=O) groups excluding carboxylic acids is 1. The predicted octanol–water partition coefficient (Wildman–Crippen LogP) is 4.95. The highest BCUT2D eigenvalue weighted by atomic mass is 32.1. The van der Waals surface area contributed by atoms with Gasteiger partial charge in [0.2, 0.25) is 0 Å². The summed E-state index contributed by atoms with van der Waals surface area (Å²) in [7, 11) is 1.71. The standard InChI is InChI=1S/C27H34N4O2S/c1-33-19-18-31(20-22-12-9-17-29-14-6-5-13-23(22)29)26(32)25-24(21-10-3-2-4-11-21)28-27(34-25)30-15-7-8-16-30/h2-4,7-8,10-11,15-16,22-23H,5-6,9,12-14,17-20H2,1H3/t22-,23+/m0/s1. The average molecular weight is 479 g/mol. The fourth-order valence-electron chi connectivity index (χ4n) is 5.51. The highest BCUT2D eigenvalue weighted by molar-refractivity contribution is 7.16. The van der Waals surface area contributed by atoms with Crippen molar-refractivity contribution in [3.63, 3.8) is 0 Å². The molecule has 0 saturated carbocycles. The monoisotopic (exact) mass is 478 g/mol. The predicted molar refractivity (Wildman–Crippen MR) is 137 cm³/mol. The number of hydrogen-bond donors (Lipinski definition) is 0. The van der Waals surface area contributed by atoms with E-state index in [1.54, 1.807) is 7.11 Å². The lowest BCUT2D eigenvalue weighted by Crippen LogP contribution is -2.52. The molecule has 2 aliphatic heterocycles. The van der Waals surface area contributed by atoms with Gasteiger partial charge in [0.1, 0.15) is 4.88 Å². The van der Waals surface area contributed by atoms with E-state index in [1.807, 2.05) is 64.3 Å². The van der Waals surface area contributed by atoms with Crippen molar-refractivity contribution in [2.75, 3.05) is 39.9 Å². The maximum absolute atomic E-state index is 14.1. The summed E-state index contributed by atoms with van der Waals surface area (Å²) in [5.41, 5.74) is 1.74. The van der Waals surface area contributed by atoms with E-state index in [1.165, 1.54) is 56.5 Å². The van der Waals surface area contributed by atoms with E-state index in [2.05, 4.69) is 4.90 Å². The molecule has 7 heteroatoms. The third-order valence-corrected chi connectivity index (χ3v) is 8.28. The number of hydrogen-bond acceptors (Lipinski definition) is 5. The zero-order valence-electron chi connectivity index (χ0n) is 19.9. The molecular weight excluding hydrogens is 444 g/mol. The van der Waals surface area contributed by atoms with E-state index in [9.17, 15) is 4.79 Å². The summed E-state index contributed by atoms with van der Waals surface area (Å²) in [5, 5.41) is 0.815. The highest BCUT2D eigenvalue weighted by Gasteiger charge is 2.35. The number of ether oxygens (including phenoxy) is 1. The summed E-state index contributed by atoms with van der Waals surface area (Å²) in [6, 6.07) is 14.6. The van der Waals surface area contributed by atoms with Crippen LogP contribution in [-0.4, -0.2) is 71.2 Å². The summed E-state index contributed by atoms with van der Waals surface area (Å²) in [5.74, 6) is 0.589. The first-order valence-electron chi connectivity index (χ1n) is 12.5. The van der Waals surface area contributed by atoms with Crippen LogP contribution in [0.25, 0.3) is 16.4 Å². The van der Waals surface area contributed by atoms with Gasteiger partial charge >= 0.3 is 0 Å². The topological polar surface area (TPSA) is 50.6 Å². The lowest BCUT2D eigenvalue weighted by Gasteiger charge is -2.45. The SMILES string of the molecule is COCCN(C[C@@H]1CCCN2CCCC[C@H]12)C(=O)c1sc(-n2cccc2)nc1-c1ccccc1. The van der Waals surface area contributed by atoms with Crippen LogP contribution in [0, 0.1) is 5.92 Å². The van der Waals surface area contributed by atoms with Gasteiger partial charge in [-0.05, 0) is 56.8 Å². The number of thiazole rings is 1. The van der Waals surface area contributed by atoms with Gasteiger partial charge in [-0.1, -0.05) is 48.1 Å². The molecular formula is C27H34N4O2S. The lowest BCUT2D eigenvalue weighted by molar-refractivity contribution is 0.0318. The van der Waals surface area contributed by atoms with Crippen LogP contribution in [-0.2, 0) is 4.74 Å². The summed E-state index contributed by atoms with van der Waals surface area (Å²) < 4.78 is 7.39. The quantitative estimate of drug-likeness (QED) is 0.460. The van der Waals surface area contributed by atoms with Crippen LogP contribution in [0.1, 0.15) is 41.8 Å². The Morgan fingerprint density at radius 2 is 1.88 bits per heavy atom. The Labute approximate surface area is 206 Å². The molecule has 2 aromatic heterocycles. The van der Waals surface area contributed by atoms with Crippen LogP contribution < -0.4 is 0 Å². The van der Waals surface area contributed by atoms with E-state index in [0.29, 0.717) is 30.0 Å². The van der Waals surface area contributed by atoms with Crippen molar-refractivity contribution in [1.29, 1.82) is 0 Å². The van der Waals surface area contributed by atoms with Gasteiger partial charge in [-0.2, -0.15) is 0 Å². The number of benzene rings is 1. The molecule has 0 bridgehead atoms. The summed E-state index contributed by atoms with van der Waals surface area (Å²) in [6.07, 6.45) is 10.2. The van der Waals surface area contributed by atoms with Gasteiger partial charge in [0.05, 0.1) is 12.3 Å². The first-order chi connectivity index (χ1) is 16.7. The molecule has 2 atom stereocenters. The fraction of sp³-hybridized carbons (Fsp3) is 0.481. The molecule has 0 radical (unpaired) electrons. The van der Waals surface area contributed by atoms with Crippen molar-refractivity contribution in [3.05, 3.63) is 59.7 Å². The first kappa shape index (κ1) is 23.3. The van der Waals surface area contributed by atoms with E-state index >= 15 is 0 Å². The summed E-state index contributed by atoms with van der Waals surface area (Å²) >= 11 is 1.48. The van der Waals surface area contributed by atoms with Gasteiger partial charge in [-0.15, -0.1) is 0 Å². The number of rotatable bonds is 8. The Balaban J connectivity index is 1.46.